The standard InChI is InChI=1S/C16H22N6O4S/c1-3-12-15(22(23)24)16(19(2)18-12)21-10-8-20(9-11-21)13-6-4-5-7-14(13)27(17,25)26/h4-7H,3,8-11H2,1-2H3,(H2,17,25,26). The average molecular weight is 394 g/mol. The molecule has 2 heterocycles. The van der Waals surface area contributed by atoms with E-state index in [0.29, 0.717) is 49.8 Å². The molecule has 1 aromatic heterocycles. The lowest BCUT2D eigenvalue weighted by molar-refractivity contribution is -0.384. The number of primary sulfonamides is 1. The van der Waals surface area contributed by atoms with Gasteiger partial charge in [0, 0.05) is 33.2 Å². The van der Waals surface area contributed by atoms with Crippen molar-refractivity contribution < 1.29 is 13.3 Å². The van der Waals surface area contributed by atoms with E-state index >= 15 is 0 Å². The van der Waals surface area contributed by atoms with Gasteiger partial charge in [-0.3, -0.25) is 10.1 Å². The van der Waals surface area contributed by atoms with Crippen molar-refractivity contribution in [3.63, 3.8) is 0 Å². The molecule has 2 N–H and O–H groups in total. The molecule has 1 saturated heterocycles. The van der Waals surface area contributed by atoms with Crippen LogP contribution in [0.3, 0.4) is 0 Å². The van der Waals surface area contributed by atoms with Crippen molar-refractivity contribution in [2.45, 2.75) is 18.2 Å². The van der Waals surface area contributed by atoms with Crippen LogP contribution in [0.2, 0.25) is 0 Å². The zero-order valence-corrected chi connectivity index (χ0v) is 16.0. The number of nitro groups is 1. The smallest absolute Gasteiger partial charge is 0.334 e. The summed E-state index contributed by atoms with van der Waals surface area (Å²) >= 11 is 0. The molecule has 3 rings (SSSR count). The van der Waals surface area contributed by atoms with Crippen LogP contribution in [0.1, 0.15) is 12.6 Å². The molecule has 27 heavy (non-hydrogen) atoms. The number of piperazine rings is 1. The highest BCUT2D eigenvalue weighted by atomic mass is 32.2. The van der Waals surface area contributed by atoms with Crippen molar-refractivity contribution >= 4 is 27.2 Å². The summed E-state index contributed by atoms with van der Waals surface area (Å²) in [6, 6.07) is 6.59. The summed E-state index contributed by atoms with van der Waals surface area (Å²) < 4.78 is 25.2. The molecule has 1 aromatic carbocycles. The van der Waals surface area contributed by atoms with Crippen LogP contribution in [0.5, 0.6) is 0 Å². The molecule has 0 aliphatic carbocycles. The molecule has 0 saturated carbocycles. The highest BCUT2D eigenvalue weighted by Gasteiger charge is 2.32. The molecule has 0 unspecified atom stereocenters. The molecule has 0 spiro atoms. The Hall–Kier alpha value is -2.66. The predicted octanol–water partition coefficient (Wildman–Crippen LogP) is 0.865. The van der Waals surface area contributed by atoms with Crippen molar-refractivity contribution in [1.82, 2.24) is 9.78 Å². The van der Waals surface area contributed by atoms with Crippen LogP contribution < -0.4 is 14.9 Å². The van der Waals surface area contributed by atoms with Crippen molar-refractivity contribution in [2.75, 3.05) is 36.0 Å². The lowest BCUT2D eigenvalue weighted by Crippen LogP contribution is -2.47. The number of nitrogens with zero attached hydrogens (tertiary/aromatic N) is 5. The Morgan fingerprint density at radius 1 is 1.19 bits per heavy atom. The highest BCUT2D eigenvalue weighted by Crippen LogP contribution is 2.33. The summed E-state index contributed by atoms with van der Waals surface area (Å²) in [6.07, 6.45) is 0.478. The molecule has 2 aromatic rings. The number of para-hydroxylation sites is 1. The minimum Gasteiger partial charge on any atom is -0.367 e. The number of aromatic nitrogens is 2. The van der Waals surface area contributed by atoms with E-state index in [1.165, 1.54) is 6.07 Å². The summed E-state index contributed by atoms with van der Waals surface area (Å²) in [4.78, 5) is 15.1. The maximum atomic E-state index is 11.8. The second-order valence-corrected chi connectivity index (χ2v) is 7.87. The predicted molar refractivity (Wildman–Crippen MR) is 101 cm³/mol. The molecule has 0 bridgehead atoms. The summed E-state index contributed by atoms with van der Waals surface area (Å²) in [5, 5.41) is 21.1. The van der Waals surface area contributed by atoms with Crippen LogP contribution in [0, 0.1) is 10.1 Å². The largest absolute Gasteiger partial charge is 0.367 e. The van der Waals surface area contributed by atoms with Gasteiger partial charge in [-0.05, 0) is 18.6 Å². The quantitative estimate of drug-likeness (QED) is 0.588. The van der Waals surface area contributed by atoms with Crippen molar-refractivity contribution in [1.29, 1.82) is 0 Å². The Morgan fingerprint density at radius 2 is 1.78 bits per heavy atom. The van der Waals surface area contributed by atoms with Gasteiger partial charge in [-0.25, -0.2) is 18.2 Å². The Morgan fingerprint density at radius 3 is 2.33 bits per heavy atom. The number of rotatable bonds is 5. The minimum absolute atomic E-state index is 0.0402. The third-order valence-corrected chi connectivity index (χ3v) is 5.63. The fourth-order valence-corrected chi connectivity index (χ4v) is 4.21. The van der Waals surface area contributed by atoms with Gasteiger partial charge in [-0.1, -0.05) is 19.1 Å². The maximum Gasteiger partial charge on any atom is 0.334 e. The number of sulfonamides is 1. The first-order valence-electron chi connectivity index (χ1n) is 8.56. The first-order valence-corrected chi connectivity index (χ1v) is 10.1. The lowest BCUT2D eigenvalue weighted by Gasteiger charge is -2.37. The van der Waals surface area contributed by atoms with Gasteiger partial charge in [-0.2, -0.15) is 5.10 Å². The number of benzene rings is 1. The zero-order chi connectivity index (χ0) is 19.8. The van der Waals surface area contributed by atoms with Crippen LogP contribution in [-0.2, 0) is 23.5 Å². The third kappa shape index (κ3) is 3.60. The third-order valence-electron chi connectivity index (χ3n) is 4.67. The van der Waals surface area contributed by atoms with Crippen LogP contribution in [-0.4, -0.2) is 49.3 Å². The normalized spacial score (nSPS) is 15.2. The molecular weight excluding hydrogens is 372 g/mol. The first-order chi connectivity index (χ1) is 12.7. The summed E-state index contributed by atoms with van der Waals surface area (Å²) in [7, 11) is -2.13. The van der Waals surface area contributed by atoms with Crippen LogP contribution in [0.15, 0.2) is 29.2 Å². The average Bonchev–Trinajstić information content (AvgIpc) is 2.98. The lowest BCUT2D eigenvalue weighted by atomic mass is 10.2. The number of hydrogen-bond acceptors (Lipinski definition) is 7. The SMILES string of the molecule is CCc1nn(C)c(N2CCN(c3ccccc3S(N)(=O)=O)CC2)c1[N+](=O)[O-]. The molecule has 11 heteroatoms. The van der Waals surface area contributed by atoms with Gasteiger partial charge >= 0.3 is 5.69 Å². The molecular formula is C16H22N6O4S. The monoisotopic (exact) mass is 394 g/mol. The molecule has 0 atom stereocenters. The van der Waals surface area contributed by atoms with Crippen molar-refractivity contribution in [3.05, 3.63) is 40.1 Å². The van der Waals surface area contributed by atoms with Gasteiger partial charge < -0.3 is 9.80 Å². The van der Waals surface area contributed by atoms with E-state index in [1.807, 2.05) is 16.7 Å². The number of aryl methyl sites for hydroxylation is 2. The molecule has 1 fully saturated rings. The Kier molecular flexibility index (Phi) is 5.07. The summed E-state index contributed by atoms with van der Waals surface area (Å²) in [6.45, 7) is 3.86. The Labute approximate surface area is 157 Å². The Bertz CT molecular complexity index is 963. The van der Waals surface area contributed by atoms with Gasteiger partial charge in [0.15, 0.2) is 0 Å². The van der Waals surface area contributed by atoms with E-state index in [2.05, 4.69) is 5.10 Å². The fourth-order valence-electron chi connectivity index (χ4n) is 3.46. The van der Waals surface area contributed by atoms with E-state index in [9.17, 15) is 18.5 Å². The number of nitrogens with two attached hydrogens (primary N) is 1. The molecule has 0 radical (unpaired) electrons. The number of hydrogen-bond donors (Lipinski definition) is 1. The minimum atomic E-state index is -3.83. The topological polar surface area (TPSA) is 128 Å². The van der Waals surface area contributed by atoms with E-state index in [1.54, 1.807) is 29.9 Å². The van der Waals surface area contributed by atoms with Gasteiger partial charge in [-0.15, -0.1) is 0 Å². The first kappa shape index (κ1) is 19.1. The zero-order valence-electron chi connectivity index (χ0n) is 15.2. The maximum absolute atomic E-state index is 11.8. The van der Waals surface area contributed by atoms with Crippen LogP contribution in [0.4, 0.5) is 17.2 Å². The second kappa shape index (κ2) is 7.16. The molecule has 146 valence electrons. The molecule has 0 amide bonds. The molecule has 10 nitrogen and oxygen atoms in total. The van der Waals surface area contributed by atoms with Crippen molar-refractivity contribution in [3.8, 4) is 0 Å². The summed E-state index contributed by atoms with van der Waals surface area (Å²) in [5.41, 5.74) is 1.05. The van der Waals surface area contributed by atoms with E-state index in [4.69, 9.17) is 5.14 Å². The fraction of sp³-hybridized carbons (Fsp3) is 0.438. The number of anilines is 2. The van der Waals surface area contributed by atoms with Gasteiger partial charge in [0.2, 0.25) is 15.8 Å². The molecule has 1 aliphatic heterocycles. The van der Waals surface area contributed by atoms with Gasteiger partial charge in [0.1, 0.15) is 10.6 Å². The second-order valence-electron chi connectivity index (χ2n) is 6.34. The van der Waals surface area contributed by atoms with Crippen molar-refractivity contribution in [2.24, 2.45) is 12.2 Å². The highest BCUT2D eigenvalue weighted by molar-refractivity contribution is 7.89. The van der Waals surface area contributed by atoms with Gasteiger partial charge in [0.05, 0.1) is 10.6 Å². The van der Waals surface area contributed by atoms with E-state index < -0.39 is 10.0 Å². The van der Waals surface area contributed by atoms with Gasteiger partial charge in [0.25, 0.3) is 0 Å². The van der Waals surface area contributed by atoms with E-state index in [0.717, 1.165) is 0 Å². The van der Waals surface area contributed by atoms with Crippen LogP contribution in [0.25, 0.3) is 0 Å². The molecule has 1 aliphatic rings. The Balaban J connectivity index is 1.86. The van der Waals surface area contributed by atoms with E-state index in [-0.39, 0.29) is 15.5 Å². The van der Waals surface area contributed by atoms with Crippen LogP contribution >= 0.6 is 0 Å². The summed E-state index contributed by atoms with van der Waals surface area (Å²) in [5.74, 6) is 0.483.